The Labute approximate surface area is 110 Å². The second-order valence-electron chi connectivity index (χ2n) is 6.58. The van der Waals surface area contributed by atoms with E-state index in [2.05, 4.69) is 5.32 Å². The topological polar surface area (TPSA) is 41.5 Å². The third-order valence-corrected chi connectivity index (χ3v) is 5.24. The van der Waals surface area contributed by atoms with E-state index in [4.69, 9.17) is 4.74 Å². The van der Waals surface area contributed by atoms with E-state index in [0.29, 0.717) is 12.0 Å². The van der Waals surface area contributed by atoms with E-state index in [1.807, 2.05) is 0 Å². The van der Waals surface area contributed by atoms with Gasteiger partial charge in [-0.3, -0.25) is 0 Å². The molecule has 18 heavy (non-hydrogen) atoms. The molecular weight excluding hydrogens is 226 g/mol. The average molecular weight is 253 g/mol. The van der Waals surface area contributed by atoms with Crippen LogP contribution in [0.3, 0.4) is 0 Å². The molecule has 1 spiro atoms. The van der Waals surface area contributed by atoms with Gasteiger partial charge in [0.2, 0.25) is 0 Å². The molecule has 2 heterocycles. The zero-order valence-electron chi connectivity index (χ0n) is 11.4. The van der Waals surface area contributed by atoms with Crippen LogP contribution in [0.2, 0.25) is 0 Å². The SMILES string of the molecule is OC1CCNCC1CC1CCC2(CCCCC2)O1. The van der Waals surface area contributed by atoms with Crippen LogP contribution in [0.25, 0.3) is 0 Å². The average Bonchev–Trinajstić information content (AvgIpc) is 2.76. The van der Waals surface area contributed by atoms with Crippen LogP contribution in [0.4, 0.5) is 0 Å². The Kier molecular flexibility index (Phi) is 3.92. The zero-order valence-corrected chi connectivity index (χ0v) is 11.4. The zero-order chi connectivity index (χ0) is 12.4. The van der Waals surface area contributed by atoms with E-state index in [9.17, 15) is 5.11 Å². The fourth-order valence-corrected chi connectivity index (χ4v) is 4.11. The number of hydrogen-bond acceptors (Lipinski definition) is 3. The maximum Gasteiger partial charge on any atom is 0.0687 e. The van der Waals surface area contributed by atoms with Gasteiger partial charge in [0.25, 0.3) is 0 Å². The van der Waals surface area contributed by atoms with Crippen molar-refractivity contribution in [2.75, 3.05) is 13.1 Å². The van der Waals surface area contributed by atoms with Crippen molar-refractivity contribution >= 4 is 0 Å². The quantitative estimate of drug-likeness (QED) is 0.793. The molecule has 0 aromatic carbocycles. The van der Waals surface area contributed by atoms with Gasteiger partial charge in [-0.25, -0.2) is 0 Å². The highest BCUT2D eigenvalue weighted by atomic mass is 16.5. The highest BCUT2D eigenvalue weighted by Crippen LogP contribution is 2.43. The van der Waals surface area contributed by atoms with E-state index >= 15 is 0 Å². The van der Waals surface area contributed by atoms with Crippen LogP contribution in [-0.2, 0) is 4.74 Å². The summed E-state index contributed by atoms with van der Waals surface area (Å²) in [6.07, 6.45) is 11.3. The summed E-state index contributed by atoms with van der Waals surface area (Å²) in [5.41, 5.74) is 0.232. The predicted molar refractivity (Wildman–Crippen MR) is 71.5 cm³/mol. The van der Waals surface area contributed by atoms with E-state index in [-0.39, 0.29) is 11.7 Å². The highest BCUT2D eigenvalue weighted by molar-refractivity contribution is 4.92. The number of ether oxygens (including phenoxy) is 1. The van der Waals surface area contributed by atoms with Gasteiger partial charge in [0.1, 0.15) is 0 Å². The summed E-state index contributed by atoms with van der Waals surface area (Å²) >= 11 is 0. The first-order valence-corrected chi connectivity index (χ1v) is 7.84. The Balaban J connectivity index is 1.52. The molecule has 0 aromatic heterocycles. The number of hydrogen-bond donors (Lipinski definition) is 2. The molecular formula is C15H27NO2. The summed E-state index contributed by atoms with van der Waals surface area (Å²) < 4.78 is 6.40. The first kappa shape index (κ1) is 12.9. The molecule has 3 atom stereocenters. The molecule has 2 aliphatic heterocycles. The summed E-state index contributed by atoms with van der Waals surface area (Å²) in [7, 11) is 0. The Morgan fingerprint density at radius 1 is 1.11 bits per heavy atom. The Hall–Kier alpha value is -0.120. The van der Waals surface area contributed by atoms with Crippen LogP contribution in [0, 0.1) is 5.92 Å². The van der Waals surface area contributed by atoms with Crippen molar-refractivity contribution in [2.45, 2.75) is 75.6 Å². The summed E-state index contributed by atoms with van der Waals surface area (Å²) in [6, 6.07) is 0. The van der Waals surface area contributed by atoms with Gasteiger partial charge >= 0.3 is 0 Å². The van der Waals surface area contributed by atoms with E-state index in [1.165, 1.54) is 44.9 Å². The van der Waals surface area contributed by atoms with Crippen LogP contribution in [-0.4, -0.2) is 36.0 Å². The highest BCUT2D eigenvalue weighted by Gasteiger charge is 2.41. The number of aliphatic hydroxyl groups is 1. The largest absolute Gasteiger partial charge is 0.393 e. The molecule has 1 saturated carbocycles. The minimum absolute atomic E-state index is 0.113. The second kappa shape index (κ2) is 5.48. The van der Waals surface area contributed by atoms with Crippen LogP contribution >= 0.6 is 0 Å². The molecule has 104 valence electrons. The molecule has 3 rings (SSSR count). The van der Waals surface area contributed by atoms with Gasteiger partial charge < -0.3 is 15.2 Å². The van der Waals surface area contributed by atoms with E-state index in [1.54, 1.807) is 0 Å². The predicted octanol–water partition coefficient (Wildman–Crippen LogP) is 2.23. The third-order valence-electron chi connectivity index (χ3n) is 5.24. The molecule has 2 N–H and O–H groups in total. The lowest BCUT2D eigenvalue weighted by molar-refractivity contribution is -0.0768. The number of piperidine rings is 1. The molecule has 3 unspecified atom stereocenters. The summed E-state index contributed by atoms with van der Waals surface area (Å²) in [5, 5.41) is 13.4. The second-order valence-corrected chi connectivity index (χ2v) is 6.58. The van der Waals surface area contributed by atoms with Crippen molar-refractivity contribution < 1.29 is 9.84 Å². The smallest absolute Gasteiger partial charge is 0.0687 e. The Morgan fingerprint density at radius 3 is 2.72 bits per heavy atom. The molecule has 0 bridgehead atoms. The maximum atomic E-state index is 10.0. The summed E-state index contributed by atoms with van der Waals surface area (Å²) in [4.78, 5) is 0. The van der Waals surface area contributed by atoms with Gasteiger partial charge in [-0.15, -0.1) is 0 Å². The maximum absolute atomic E-state index is 10.0. The monoisotopic (exact) mass is 253 g/mol. The van der Waals surface area contributed by atoms with E-state index in [0.717, 1.165) is 25.9 Å². The van der Waals surface area contributed by atoms with Crippen molar-refractivity contribution in [2.24, 2.45) is 5.92 Å². The summed E-state index contributed by atoms with van der Waals surface area (Å²) in [6.45, 7) is 1.93. The van der Waals surface area contributed by atoms with Crippen molar-refractivity contribution in [3.05, 3.63) is 0 Å². The van der Waals surface area contributed by atoms with Gasteiger partial charge in [0.15, 0.2) is 0 Å². The lowest BCUT2D eigenvalue weighted by Gasteiger charge is -2.35. The number of nitrogens with one attached hydrogen (secondary N) is 1. The molecule has 2 saturated heterocycles. The van der Waals surface area contributed by atoms with Gasteiger partial charge in [0, 0.05) is 6.54 Å². The van der Waals surface area contributed by atoms with Crippen LogP contribution in [0.1, 0.15) is 57.8 Å². The fourth-order valence-electron chi connectivity index (χ4n) is 4.11. The van der Waals surface area contributed by atoms with Crippen molar-refractivity contribution in [1.82, 2.24) is 5.32 Å². The lowest BCUT2D eigenvalue weighted by Crippen LogP contribution is -2.41. The normalized spacial score (nSPS) is 40.2. The van der Waals surface area contributed by atoms with Gasteiger partial charge in [0.05, 0.1) is 17.8 Å². The minimum atomic E-state index is -0.113. The van der Waals surface area contributed by atoms with Crippen molar-refractivity contribution in [3.63, 3.8) is 0 Å². The molecule has 1 aliphatic carbocycles. The first-order valence-electron chi connectivity index (χ1n) is 7.84. The number of aliphatic hydroxyl groups excluding tert-OH is 1. The Morgan fingerprint density at radius 2 is 1.94 bits per heavy atom. The van der Waals surface area contributed by atoms with Crippen LogP contribution in [0.5, 0.6) is 0 Å². The Bertz CT molecular complexity index is 276. The van der Waals surface area contributed by atoms with Crippen molar-refractivity contribution in [1.29, 1.82) is 0 Å². The first-order chi connectivity index (χ1) is 8.77. The fraction of sp³-hybridized carbons (Fsp3) is 1.00. The van der Waals surface area contributed by atoms with Gasteiger partial charge in [-0.2, -0.15) is 0 Å². The molecule has 3 fully saturated rings. The molecule has 0 radical (unpaired) electrons. The standard InChI is InChI=1S/C15H27NO2/c17-14-5-9-16-11-12(14)10-13-4-8-15(18-13)6-2-1-3-7-15/h12-14,16-17H,1-11H2. The third kappa shape index (κ3) is 2.73. The van der Waals surface area contributed by atoms with Crippen LogP contribution in [0.15, 0.2) is 0 Å². The number of rotatable bonds is 2. The molecule has 3 aliphatic rings. The summed E-state index contributed by atoms with van der Waals surface area (Å²) in [5.74, 6) is 0.405. The molecule has 0 amide bonds. The molecule has 3 heteroatoms. The van der Waals surface area contributed by atoms with Crippen molar-refractivity contribution in [3.8, 4) is 0 Å². The van der Waals surface area contributed by atoms with Gasteiger partial charge in [-0.1, -0.05) is 19.3 Å². The van der Waals surface area contributed by atoms with Crippen LogP contribution < -0.4 is 5.32 Å². The molecule has 3 nitrogen and oxygen atoms in total. The lowest BCUT2D eigenvalue weighted by atomic mass is 9.83. The van der Waals surface area contributed by atoms with E-state index < -0.39 is 0 Å². The molecule has 0 aromatic rings. The van der Waals surface area contributed by atoms with Gasteiger partial charge in [-0.05, 0) is 51.0 Å². The minimum Gasteiger partial charge on any atom is -0.393 e.